The van der Waals surface area contributed by atoms with Crippen LogP contribution in [0.1, 0.15) is 24.0 Å². The summed E-state index contributed by atoms with van der Waals surface area (Å²) >= 11 is 0. The minimum Gasteiger partial charge on any atom is -0.377 e. The van der Waals surface area contributed by atoms with Gasteiger partial charge in [0.25, 0.3) is 0 Å². The van der Waals surface area contributed by atoms with Crippen LogP contribution in [0.2, 0.25) is 0 Å². The van der Waals surface area contributed by atoms with Crippen molar-refractivity contribution >= 4 is 20.0 Å². The zero-order valence-electron chi connectivity index (χ0n) is 13.6. The Hall–Kier alpha value is -1.00. The van der Waals surface area contributed by atoms with E-state index in [1.54, 1.807) is 12.1 Å². The Bertz CT molecular complexity index is 814. The second-order valence-electron chi connectivity index (χ2n) is 6.26. The molecule has 24 heavy (non-hydrogen) atoms. The van der Waals surface area contributed by atoms with Gasteiger partial charge in [-0.1, -0.05) is 6.07 Å². The third-order valence-corrected chi connectivity index (χ3v) is 7.13. The minimum absolute atomic E-state index is 0.0549. The van der Waals surface area contributed by atoms with Gasteiger partial charge in [0.1, 0.15) is 0 Å². The maximum atomic E-state index is 12.4. The van der Waals surface area contributed by atoms with E-state index < -0.39 is 20.0 Å². The monoisotopic (exact) mass is 374 g/mol. The number of ether oxygens (including phenoxy) is 1. The summed E-state index contributed by atoms with van der Waals surface area (Å²) in [5.41, 5.74) is 1.74. The molecule has 2 aliphatic heterocycles. The summed E-state index contributed by atoms with van der Waals surface area (Å²) in [5, 5.41) is 0. The largest absolute Gasteiger partial charge is 0.377 e. The van der Waals surface area contributed by atoms with E-state index in [4.69, 9.17) is 4.74 Å². The molecule has 7 nitrogen and oxygen atoms in total. The Morgan fingerprint density at radius 3 is 2.71 bits per heavy atom. The van der Waals surface area contributed by atoms with Crippen molar-refractivity contribution in [3.05, 3.63) is 29.3 Å². The van der Waals surface area contributed by atoms with Gasteiger partial charge in [-0.15, -0.1) is 0 Å². The van der Waals surface area contributed by atoms with Crippen molar-refractivity contribution in [2.75, 3.05) is 26.0 Å². The van der Waals surface area contributed by atoms with E-state index in [0.717, 1.165) is 24.0 Å². The van der Waals surface area contributed by atoms with Crippen molar-refractivity contribution in [3.63, 3.8) is 0 Å². The van der Waals surface area contributed by atoms with Gasteiger partial charge in [0.2, 0.25) is 20.0 Å². The van der Waals surface area contributed by atoms with Gasteiger partial charge < -0.3 is 4.74 Å². The van der Waals surface area contributed by atoms with E-state index >= 15 is 0 Å². The van der Waals surface area contributed by atoms with Crippen LogP contribution in [0.4, 0.5) is 0 Å². The third-order valence-electron chi connectivity index (χ3n) is 4.46. The van der Waals surface area contributed by atoms with Gasteiger partial charge in [-0.2, -0.15) is 4.31 Å². The van der Waals surface area contributed by atoms with E-state index in [9.17, 15) is 16.8 Å². The number of hydrogen-bond donors (Lipinski definition) is 1. The van der Waals surface area contributed by atoms with Crippen LogP contribution in [0, 0.1) is 0 Å². The predicted octanol–water partition coefficient (Wildman–Crippen LogP) is 0.462. The van der Waals surface area contributed by atoms with Gasteiger partial charge in [-0.25, -0.2) is 21.6 Å². The highest BCUT2D eigenvalue weighted by molar-refractivity contribution is 7.89. The number of nitrogens with one attached hydrogen (secondary N) is 1. The van der Waals surface area contributed by atoms with Crippen molar-refractivity contribution in [1.82, 2.24) is 9.03 Å². The lowest BCUT2D eigenvalue weighted by atomic mass is 10.0. The lowest BCUT2D eigenvalue weighted by Gasteiger charge is -2.27. The van der Waals surface area contributed by atoms with Crippen molar-refractivity contribution in [2.45, 2.75) is 36.8 Å². The lowest BCUT2D eigenvalue weighted by molar-refractivity contribution is 0.114. The molecule has 134 valence electrons. The molecule has 0 radical (unpaired) electrons. The molecular formula is C15H22N2O5S2. The average molecular weight is 374 g/mol. The Morgan fingerprint density at radius 2 is 2.04 bits per heavy atom. The summed E-state index contributed by atoms with van der Waals surface area (Å²) in [7, 11) is -6.82. The molecule has 1 atom stereocenters. The van der Waals surface area contributed by atoms with Crippen LogP contribution in [0.25, 0.3) is 0 Å². The molecule has 0 aliphatic carbocycles. The Labute approximate surface area is 143 Å². The molecule has 1 aromatic carbocycles. The normalized spacial score (nSPS) is 22.5. The van der Waals surface area contributed by atoms with Crippen LogP contribution in [0.3, 0.4) is 0 Å². The number of fused-ring (bicyclic) bond motifs is 1. The second kappa shape index (κ2) is 6.72. The zero-order chi connectivity index (χ0) is 17.4. The van der Waals surface area contributed by atoms with E-state index in [1.807, 2.05) is 0 Å². The molecule has 0 aromatic heterocycles. The van der Waals surface area contributed by atoms with Crippen LogP contribution in [-0.2, 0) is 37.7 Å². The number of hydrogen-bond acceptors (Lipinski definition) is 5. The summed E-state index contributed by atoms with van der Waals surface area (Å²) in [6.45, 7) is 1.62. The molecule has 1 fully saturated rings. The van der Waals surface area contributed by atoms with Crippen LogP contribution in [0.5, 0.6) is 0 Å². The van der Waals surface area contributed by atoms with E-state index in [0.29, 0.717) is 19.6 Å². The smallest absolute Gasteiger partial charge is 0.240 e. The van der Waals surface area contributed by atoms with Crippen molar-refractivity contribution in [2.24, 2.45) is 0 Å². The van der Waals surface area contributed by atoms with Gasteiger partial charge in [-0.05, 0) is 42.5 Å². The lowest BCUT2D eigenvalue weighted by Crippen LogP contribution is -2.35. The maximum absolute atomic E-state index is 12.4. The molecule has 2 aliphatic rings. The van der Waals surface area contributed by atoms with Gasteiger partial charge >= 0.3 is 0 Å². The number of rotatable bonds is 5. The average Bonchev–Trinajstić information content (AvgIpc) is 3.04. The zero-order valence-corrected chi connectivity index (χ0v) is 15.2. The van der Waals surface area contributed by atoms with Gasteiger partial charge in [0, 0.05) is 26.2 Å². The Balaban J connectivity index is 1.74. The van der Waals surface area contributed by atoms with Gasteiger partial charge in [0.15, 0.2) is 0 Å². The predicted molar refractivity (Wildman–Crippen MR) is 89.6 cm³/mol. The molecule has 0 bridgehead atoms. The molecule has 0 saturated carbocycles. The summed E-state index contributed by atoms with van der Waals surface area (Å²) in [6, 6.07) is 4.88. The molecule has 1 saturated heterocycles. The first-order valence-corrected chi connectivity index (χ1v) is 11.3. The van der Waals surface area contributed by atoms with Crippen molar-refractivity contribution in [3.8, 4) is 0 Å². The first-order valence-electron chi connectivity index (χ1n) is 7.94. The van der Waals surface area contributed by atoms with Crippen molar-refractivity contribution in [1.29, 1.82) is 0 Å². The minimum atomic E-state index is -3.59. The van der Waals surface area contributed by atoms with Gasteiger partial charge in [-0.3, -0.25) is 0 Å². The number of sulfonamides is 2. The van der Waals surface area contributed by atoms with Crippen LogP contribution >= 0.6 is 0 Å². The Morgan fingerprint density at radius 1 is 1.25 bits per heavy atom. The molecule has 2 heterocycles. The standard InChI is InChI=1S/C15H22N2O5S2/c1-23(18,19)17-7-6-12-9-15(5-4-13(12)11-17)24(20,21)16-10-14-3-2-8-22-14/h4-5,9,14,16H,2-3,6-8,10-11H2,1H3. The van der Waals surface area contributed by atoms with Crippen LogP contribution < -0.4 is 4.72 Å². The van der Waals surface area contributed by atoms with E-state index in [-0.39, 0.29) is 24.1 Å². The summed E-state index contributed by atoms with van der Waals surface area (Å²) in [5.74, 6) is 0. The third kappa shape index (κ3) is 3.97. The van der Waals surface area contributed by atoms with Crippen LogP contribution in [-0.4, -0.2) is 53.2 Å². The highest BCUT2D eigenvalue weighted by Crippen LogP contribution is 2.24. The van der Waals surface area contributed by atoms with E-state index in [1.165, 1.54) is 16.6 Å². The first kappa shape index (κ1) is 17.8. The molecule has 1 N–H and O–H groups in total. The summed E-state index contributed by atoms with van der Waals surface area (Å²) in [4.78, 5) is 0.215. The second-order valence-corrected chi connectivity index (χ2v) is 10.0. The molecule has 9 heteroatoms. The Kier molecular flexibility index (Phi) is 4.99. The number of nitrogens with zero attached hydrogens (tertiary/aromatic N) is 1. The summed E-state index contributed by atoms with van der Waals surface area (Å²) < 4.78 is 57.6. The van der Waals surface area contributed by atoms with Gasteiger partial charge in [0.05, 0.1) is 17.3 Å². The SMILES string of the molecule is CS(=O)(=O)N1CCc2cc(S(=O)(=O)NCC3CCCO3)ccc2C1. The quantitative estimate of drug-likeness (QED) is 0.808. The molecule has 3 rings (SSSR count). The topological polar surface area (TPSA) is 92.8 Å². The van der Waals surface area contributed by atoms with Crippen LogP contribution in [0.15, 0.2) is 23.1 Å². The highest BCUT2D eigenvalue weighted by Gasteiger charge is 2.25. The molecule has 1 aromatic rings. The molecule has 1 unspecified atom stereocenters. The fourth-order valence-electron chi connectivity index (χ4n) is 3.05. The fourth-order valence-corrected chi connectivity index (χ4v) is 4.96. The maximum Gasteiger partial charge on any atom is 0.240 e. The van der Waals surface area contributed by atoms with E-state index in [2.05, 4.69) is 4.72 Å². The highest BCUT2D eigenvalue weighted by atomic mass is 32.2. The molecular weight excluding hydrogens is 352 g/mol. The van der Waals surface area contributed by atoms with Crippen molar-refractivity contribution < 1.29 is 21.6 Å². The summed E-state index contributed by atoms with van der Waals surface area (Å²) in [6.07, 6.45) is 3.47. The molecule has 0 amide bonds. The number of benzene rings is 1. The fraction of sp³-hybridized carbons (Fsp3) is 0.600. The first-order chi connectivity index (χ1) is 11.3. The molecule has 0 spiro atoms.